The maximum atomic E-state index is 9.99. The number of allylic oxidation sites excluding steroid dienone is 3. The monoisotopic (exact) mass is 288 g/mol. The zero-order valence-electron chi connectivity index (χ0n) is 14.1. The predicted molar refractivity (Wildman–Crippen MR) is 89.0 cm³/mol. The first-order valence-electron chi connectivity index (χ1n) is 8.80. The average Bonchev–Trinajstić information content (AvgIpc) is 2.46. The third-order valence-corrected chi connectivity index (χ3v) is 7.43. The highest BCUT2D eigenvalue weighted by Gasteiger charge is 2.55. The summed E-state index contributed by atoms with van der Waals surface area (Å²) in [5, 5.41) is 9.99. The fraction of sp³-hybridized carbons (Fsp3) is 0.800. The molecule has 3 aliphatic rings. The van der Waals surface area contributed by atoms with Crippen LogP contribution in [0.15, 0.2) is 24.3 Å². The molecule has 2 fully saturated rings. The summed E-state index contributed by atoms with van der Waals surface area (Å²) in [5.74, 6) is 1.40. The molecule has 0 saturated heterocycles. The maximum Gasteiger partial charge on any atom is 0.0487 e. The van der Waals surface area contributed by atoms with E-state index in [0.29, 0.717) is 23.4 Å². The lowest BCUT2D eigenvalue weighted by atomic mass is 9.45. The molecular weight excluding hydrogens is 256 g/mol. The molecule has 1 unspecified atom stereocenters. The van der Waals surface area contributed by atoms with Gasteiger partial charge < -0.3 is 5.11 Å². The van der Waals surface area contributed by atoms with Gasteiger partial charge in [-0.05, 0) is 66.6 Å². The van der Waals surface area contributed by atoms with E-state index in [1.165, 1.54) is 44.9 Å². The average molecular weight is 288 g/mol. The van der Waals surface area contributed by atoms with E-state index in [9.17, 15) is 5.11 Å². The molecule has 3 rings (SSSR count). The van der Waals surface area contributed by atoms with Crippen LogP contribution in [0.4, 0.5) is 0 Å². The maximum absolute atomic E-state index is 9.99. The Morgan fingerprint density at radius 3 is 2.71 bits per heavy atom. The van der Waals surface area contributed by atoms with Crippen molar-refractivity contribution < 1.29 is 5.11 Å². The van der Waals surface area contributed by atoms with E-state index < -0.39 is 0 Å². The van der Waals surface area contributed by atoms with Crippen molar-refractivity contribution in [1.82, 2.24) is 0 Å². The Hall–Kier alpha value is -0.560. The molecule has 0 radical (unpaired) electrons. The van der Waals surface area contributed by atoms with E-state index in [2.05, 4.69) is 39.5 Å². The second kappa shape index (κ2) is 4.98. The fourth-order valence-electron chi connectivity index (χ4n) is 5.93. The molecule has 0 aromatic carbocycles. The van der Waals surface area contributed by atoms with Gasteiger partial charge in [-0.2, -0.15) is 0 Å². The number of hydrogen-bond acceptors (Lipinski definition) is 1. The number of fused-ring (bicyclic) bond motifs is 3. The third-order valence-electron chi connectivity index (χ3n) is 7.43. The molecule has 3 aliphatic carbocycles. The predicted octanol–water partition coefficient (Wildman–Crippen LogP) is 5.11. The van der Waals surface area contributed by atoms with E-state index in [4.69, 9.17) is 0 Å². The quantitative estimate of drug-likeness (QED) is 0.700. The van der Waals surface area contributed by atoms with E-state index in [1.54, 1.807) is 5.57 Å². The minimum absolute atomic E-state index is 0.133. The van der Waals surface area contributed by atoms with Gasteiger partial charge in [0.1, 0.15) is 0 Å². The topological polar surface area (TPSA) is 20.2 Å². The molecule has 0 amide bonds. The Balaban J connectivity index is 1.94. The molecule has 0 aliphatic heterocycles. The Morgan fingerprint density at radius 2 is 2.05 bits per heavy atom. The van der Waals surface area contributed by atoms with E-state index in [-0.39, 0.29) is 5.41 Å². The first-order valence-corrected chi connectivity index (χ1v) is 8.80. The van der Waals surface area contributed by atoms with Crippen molar-refractivity contribution in [1.29, 1.82) is 0 Å². The van der Waals surface area contributed by atoms with Crippen LogP contribution >= 0.6 is 0 Å². The molecule has 1 N–H and O–H groups in total. The van der Waals surface area contributed by atoms with Crippen LogP contribution in [0.25, 0.3) is 0 Å². The zero-order valence-corrected chi connectivity index (χ0v) is 14.1. The van der Waals surface area contributed by atoms with Crippen LogP contribution in [0.5, 0.6) is 0 Å². The smallest absolute Gasteiger partial charge is 0.0487 e. The van der Waals surface area contributed by atoms with Gasteiger partial charge in [0.2, 0.25) is 0 Å². The lowest BCUT2D eigenvalue weighted by Gasteiger charge is -2.59. The highest BCUT2D eigenvalue weighted by atomic mass is 16.3. The molecule has 0 heterocycles. The first kappa shape index (κ1) is 15.3. The van der Waals surface area contributed by atoms with Gasteiger partial charge in [0.25, 0.3) is 0 Å². The largest absolute Gasteiger partial charge is 0.396 e. The van der Waals surface area contributed by atoms with Crippen molar-refractivity contribution in [3.8, 4) is 0 Å². The van der Waals surface area contributed by atoms with Crippen molar-refractivity contribution in [3.63, 3.8) is 0 Å². The zero-order chi connectivity index (χ0) is 15.3. The summed E-state index contributed by atoms with van der Waals surface area (Å²) in [6, 6.07) is 0. The molecule has 0 aromatic heterocycles. The van der Waals surface area contributed by atoms with Crippen LogP contribution in [-0.4, -0.2) is 11.7 Å². The van der Waals surface area contributed by atoms with Crippen molar-refractivity contribution in [3.05, 3.63) is 24.3 Å². The molecule has 0 spiro atoms. The van der Waals surface area contributed by atoms with Gasteiger partial charge >= 0.3 is 0 Å². The Labute approximate surface area is 130 Å². The Bertz CT molecular complexity index is 464. The van der Waals surface area contributed by atoms with Gasteiger partial charge in [-0.25, -0.2) is 0 Å². The summed E-state index contributed by atoms with van der Waals surface area (Å²) in [6.45, 7) is 11.6. The summed E-state index contributed by atoms with van der Waals surface area (Å²) < 4.78 is 0. The van der Waals surface area contributed by atoms with Crippen molar-refractivity contribution in [2.75, 3.05) is 6.61 Å². The van der Waals surface area contributed by atoms with Crippen LogP contribution in [0.1, 0.15) is 65.7 Å². The molecule has 0 aromatic rings. The molecule has 1 heteroatoms. The van der Waals surface area contributed by atoms with Gasteiger partial charge in [-0.15, -0.1) is 6.58 Å². The van der Waals surface area contributed by atoms with Gasteiger partial charge in [-0.3, -0.25) is 0 Å². The van der Waals surface area contributed by atoms with Crippen LogP contribution in [-0.2, 0) is 0 Å². The van der Waals surface area contributed by atoms with Crippen molar-refractivity contribution >= 4 is 0 Å². The van der Waals surface area contributed by atoms with Crippen molar-refractivity contribution in [2.45, 2.75) is 65.7 Å². The molecule has 2 saturated carbocycles. The van der Waals surface area contributed by atoms with Gasteiger partial charge in [-0.1, -0.05) is 44.9 Å². The summed E-state index contributed by atoms with van der Waals surface area (Å²) >= 11 is 0. The number of rotatable bonds is 2. The molecular formula is C20H32O. The number of aliphatic hydroxyl groups is 1. The number of hydrogen-bond donors (Lipinski definition) is 1. The highest BCUT2D eigenvalue weighted by Crippen LogP contribution is 2.63. The van der Waals surface area contributed by atoms with Crippen LogP contribution in [0.2, 0.25) is 0 Å². The number of aliphatic hydroxyl groups excluding tert-OH is 1. The van der Waals surface area contributed by atoms with Crippen LogP contribution in [0, 0.1) is 28.1 Å². The lowest BCUT2D eigenvalue weighted by molar-refractivity contribution is -0.0805. The molecule has 0 bridgehead atoms. The Morgan fingerprint density at radius 1 is 1.29 bits per heavy atom. The highest BCUT2D eigenvalue weighted by molar-refractivity contribution is 5.25. The molecule has 1 nitrogen and oxygen atoms in total. The van der Waals surface area contributed by atoms with Crippen LogP contribution in [0.3, 0.4) is 0 Å². The summed E-state index contributed by atoms with van der Waals surface area (Å²) in [5.41, 5.74) is 2.54. The fourth-order valence-corrected chi connectivity index (χ4v) is 5.93. The second-order valence-corrected chi connectivity index (χ2v) is 8.87. The van der Waals surface area contributed by atoms with Gasteiger partial charge in [0.15, 0.2) is 0 Å². The third kappa shape index (κ3) is 2.23. The second-order valence-electron chi connectivity index (χ2n) is 8.87. The molecule has 118 valence electrons. The van der Waals surface area contributed by atoms with E-state index in [0.717, 1.165) is 5.92 Å². The lowest BCUT2D eigenvalue weighted by Crippen LogP contribution is -2.52. The standard InChI is InChI=1S/C20H32O/c1-5-18(2)12-9-16-15(13-18)7-8-17-19(3,14-21)10-6-11-20(16,17)4/h5,7,16-17,21H,1,6,8-14H2,2-4H3/t16-,17?,18+,19+,20-/m1/s1. The Kier molecular flexibility index (Phi) is 3.64. The SMILES string of the molecule is C=C[C@@]1(C)CC[C@@H]2C(=CCC3[C@](C)(CO)CCC[C@@]32C)C1. The molecule has 5 atom stereocenters. The molecule has 21 heavy (non-hydrogen) atoms. The van der Waals surface area contributed by atoms with Crippen LogP contribution < -0.4 is 0 Å². The minimum atomic E-state index is 0.133. The summed E-state index contributed by atoms with van der Waals surface area (Å²) in [6.07, 6.45) is 13.5. The summed E-state index contributed by atoms with van der Waals surface area (Å²) in [7, 11) is 0. The summed E-state index contributed by atoms with van der Waals surface area (Å²) in [4.78, 5) is 0. The van der Waals surface area contributed by atoms with E-state index in [1.807, 2.05) is 0 Å². The van der Waals surface area contributed by atoms with Crippen molar-refractivity contribution in [2.24, 2.45) is 28.1 Å². The van der Waals surface area contributed by atoms with Gasteiger partial charge in [0, 0.05) is 6.61 Å². The van der Waals surface area contributed by atoms with Gasteiger partial charge in [0.05, 0.1) is 0 Å². The minimum Gasteiger partial charge on any atom is -0.396 e. The van der Waals surface area contributed by atoms with E-state index >= 15 is 0 Å². The normalized spacial score (nSPS) is 49.8. The first-order chi connectivity index (χ1) is 9.87.